The summed E-state index contributed by atoms with van der Waals surface area (Å²) in [7, 11) is 0. The predicted molar refractivity (Wildman–Crippen MR) is 131 cm³/mol. The lowest BCUT2D eigenvalue weighted by atomic mass is 9.77. The van der Waals surface area contributed by atoms with Gasteiger partial charge in [0, 0.05) is 37.2 Å². The minimum Gasteiger partial charge on any atom is -0.383 e. The fourth-order valence-electron chi connectivity index (χ4n) is 4.69. The topological polar surface area (TPSA) is 80.0 Å². The number of amides is 1. The van der Waals surface area contributed by atoms with Gasteiger partial charge in [0.05, 0.1) is 0 Å². The van der Waals surface area contributed by atoms with Gasteiger partial charge in [0.2, 0.25) is 5.91 Å². The Kier molecular flexibility index (Phi) is 7.08. The number of anilines is 1. The highest BCUT2D eigenvalue weighted by molar-refractivity contribution is 6.31. The first-order valence-electron chi connectivity index (χ1n) is 11.1. The fourth-order valence-corrected chi connectivity index (χ4v) is 5.01. The van der Waals surface area contributed by atoms with Gasteiger partial charge in [0.1, 0.15) is 5.82 Å². The van der Waals surface area contributed by atoms with Crippen LogP contribution in [0.1, 0.15) is 41.9 Å². The summed E-state index contributed by atoms with van der Waals surface area (Å²) in [6.45, 7) is 3.95. The summed E-state index contributed by atoms with van der Waals surface area (Å²) in [4.78, 5) is 15.5. The van der Waals surface area contributed by atoms with E-state index in [1.807, 2.05) is 18.2 Å². The molecule has 32 heavy (non-hydrogen) atoms. The van der Waals surface area contributed by atoms with E-state index in [2.05, 4.69) is 52.0 Å². The summed E-state index contributed by atoms with van der Waals surface area (Å²) in [5.74, 6) is 1.09. The molecule has 4 N–H and O–H groups in total. The number of carbonyl (C=O) groups is 1. The van der Waals surface area contributed by atoms with Crippen molar-refractivity contribution < 1.29 is 4.79 Å². The van der Waals surface area contributed by atoms with Gasteiger partial charge >= 0.3 is 0 Å². The van der Waals surface area contributed by atoms with Crippen molar-refractivity contribution in [1.82, 2.24) is 15.6 Å². The monoisotopic (exact) mass is 448 g/mol. The quantitative estimate of drug-likeness (QED) is 0.517. The highest BCUT2D eigenvalue weighted by Gasteiger charge is 2.30. The van der Waals surface area contributed by atoms with Crippen molar-refractivity contribution in [2.75, 3.05) is 25.4 Å². The molecule has 0 spiro atoms. The zero-order valence-electron chi connectivity index (χ0n) is 18.3. The van der Waals surface area contributed by atoms with Crippen LogP contribution in [0.4, 0.5) is 5.82 Å². The van der Waals surface area contributed by atoms with Crippen molar-refractivity contribution in [3.05, 3.63) is 82.5 Å². The van der Waals surface area contributed by atoms with E-state index in [1.54, 1.807) is 6.20 Å². The molecule has 2 aromatic carbocycles. The van der Waals surface area contributed by atoms with Crippen LogP contribution in [0.5, 0.6) is 0 Å². The number of nitrogen functional groups attached to an aromatic ring is 1. The van der Waals surface area contributed by atoms with E-state index in [9.17, 15) is 4.79 Å². The highest BCUT2D eigenvalue weighted by atomic mass is 35.5. The number of carbonyl (C=O) groups excluding carboxylic acids is 1. The molecule has 0 saturated carbocycles. The van der Waals surface area contributed by atoms with Crippen LogP contribution in [0.15, 0.2) is 60.8 Å². The molecule has 0 bridgehead atoms. The van der Waals surface area contributed by atoms with Crippen LogP contribution in [0.2, 0.25) is 5.02 Å². The molecule has 0 radical (unpaired) electrons. The zero-order chi connectivity index (χ0) is 22.5. The molecular formula is C26H29ClN4O. The van der Waals surface area contributed by atoms with Crippen molar-refractivity contribution in [3.63, 3.8) is 0 Å². The van der Waals surface area contributed by atoms with E-state index in [-0.39, 0.29) is 17.7 Å². The van der Waals surface area contributed by atoms with Crippen LogP contribution in [0.25, 0.3) is 11.1 Å². The molecule has 166 valence electrons. The van der Waals surface area contributed by atoms with Gasteiger partial charge in [0.25, 0.3) is 0 Å². The van der Waals surface area contributed by atoms with Gasteiger partial charge in [-0.25, -0.2) is 4.98 Å². The summed E-state index contributed by atoms with van der Waals surface area (Å²) in [5.41, 5.74) is 11.9. The number of rotatable bonds is 6. The normalized spacial score (nSPS) is 18.3. The average Bonchev–Trinajstić information content (AvgIpc) is 2.80. The van der Waals surface area contributed by atoms with Gasteiger partial charge in [-0.3, -0.25) is 4.79 Å². The Morgan fingerprint density at radius 2 is 2.00 bits per heavy atom. The van der Waals surface area contributed by atoms with Crippen molar-refractivity contribution >= 4 is 23.3 Å². The minimum absolute atomic E-state index is 0.0141. The Morgan fingerprint density at radius 1 is 1.16 bits per heavy atom. The number of nitrogens with one attached hydrogen (secondary N) is 2. The van der Waals surface area contributed by atoms with Gasteiger partial charge in [-0.05, 0) is 65.3 Å². The largest absolute Gasteiger partial charge is 0.383 e. The molecule has 3 aromatic rings. The van der Waals surface area contributed by atoms with Crippen LogP contribution in [0.3, 0.4) is 0 Å². The molecule has 6 heteroatoms. The first-order valence-corrected chi connectivity index (χ1v) is 11.5. The van der Waals surface area contributed by atoms with Crippen molar-refractivity contribution in [3.8, 4) is 11.1 Å². The summed E-state index contributed by atoms with van der Waals surface area (Å²) < 4.78 is 0. The molecule has 1 aliphatic heterocycles. The molecule has 5 nitrogen and oxygen atoms in total. The number of nitrogens with two attached hydrogens (primary N) is 1. The minimum atomic E-state index is -0.0141. The molecule has 1 amide bonds. The lowest BCUT2D eigenvalue weighted by Crippen LogP contribution is -2.34. The lowest BCUT2D eigenvalue weighted by molar-refractivity contribution is -0.118. The van der Waals surface area contributed by atoms with E-state index in [0.717, 1.165) is 53.2 Å². The number of aromatic nitrogens is 1. The smallest absolute Gasteiger partial charge is 0.216 e. The maximum absolute atomic E-state index is 11.2. The first kappa shape index (κ1) is 22.3. The average molecular weight is 449 g/mol. The zero-order valence-corrected chi connectivity index (χ0v) is 19.0. The van der Waals surface area contributed by atoms with Crippen LogP contribution in [-0.2, 0) is 11.2 Å². The second kappa shape index (κ2) is 10.2. The van der Waals surface area contributed by atoms with Gasteiger partial charge in [-0.1, -0.05) is 54.1 Å². The molecule has 2 heterocycles. The van der Waals surface area contributed by atoms with Crippen LogP contribution >= 0.6 is 11.6 Å². The molecule has 4 rings (SSSR count). The number of hydrogen-bond donors (Lipinski definition) is 3. The van der Waals surface area contributed by atoms with Gasteiger partial charge in [-0.15, -0.1) is 0 Å². The Hall–Kier alpha value is -2.89. The van der Waals surface area contributed by atoms with Gasteiger partial charge in [0.15, 0.2) is 0 Å². The lowest BCUT2D eigenvalue weighted by Gasteiger charge is -2.34. The molecule has 1 fully saturated rings. The van der Waals surface area contributed by atoms with E-state index in [0.29, 0.717) is 12.4 Å². The Bertz CT molecular complexity index is 1100. The maximum atomic E-state index is 11.2. The van der Waals surface area contributed by atoms with Crippen molar-refractivity contribution in [2.24, 2.45) is 0 Å². The molecule has 0 unspecified atom stereocenters. The second-order valence-corrected chi connectivity index (χ2v) is 8.72. The van der Waals surface area contributed by atoms with Crippen LogP contribution in [-0.4, -0.2) is 30.5 Å². The molecule has 1 aliphatic rings. The maximum Gasteiger partial charge on any atom is 0.216 e. The Morgan fingerprint density at radius 3 is 2.78 bits per heavy atom. The molecule has 2 atom stereocenters. The Labute approximate surface area is 194 Å². The van der Waals surface area contributed by atoms with E-state index in [4.69, 9.17) is 17.3 Å². The van der Waals surface area contributed by atoms with Gasteiger partial charge in [-0.2, -0.15) is 0 Å². The summed E-state index contributed by atoms with van der Waals surface area (Å²) >= 11 is 6.87. The molecular weight excluding hydrogens is 420 g/mol. The number of nitrogens with zero attached hydrogens (tertiary/aromatic N) is 1. The third kappa shape index (κ3) is 4.95. The molecule has 0 aliphatic carbocycles. The summed E-state index contributed by atoms with van der Waals surface area (Å²) in [5, 5.41) is 7.15. The summed E-state index contributed by atoms with van der Waals surface area (Å²) in [6.07, 6.45) is 3.49. The van der Waals surface area contributed by atoms with E-state index in [1.165, 1.54) is 12.5 Å². The third-order valence-electron chi connectivity index (χ3n) is 6.25. The standard InChI is InChI=1S/C26H29ClN4O/c1-17(32)30-14-10-18-5-2-3-6-20(18)19-8-9-22(25(27)15-19)24-16-29-13-11-21(24)23-7-4-12-31-26(23)28/h2-9,12,15,21,24,29H,10-11,13-14,16H2,1H3,(H2,28,31)(H,30,32)/t21-,24+/m1/s1. The highest BCUT2D eigenvalue weighted by Crippen LogP contribution is 2.42. The molecule has 1 aromatic heterocycles. The van der Waals surface area contributed by atoms with E-state index >= 15 is 0 Å². The fraction of sp³-hybridized carbons (Fsp3) is 0.308. The molecule has 1 saturated heterocycles. The van der Waals surface area contributed by atoms with Gasteiger partial charge < -0.3 is 16.4 Å². The van der Waals surface area contributed by atoms with Crippen LogP contribution in [0, 0.1) is 0 Å². The van der Waals surface area contributed by atoms with Crippen molar-refractivity contribution in [2.45, 2.75) is 31.6 Å². The third-order valence-corrected chi connectivity index (χ3v) is 6.58. The van der Waals surface area contributed by atoms with Crippen LogP contribution < -0.4 is 16.4 Å². The second-order valence-electron chi connectivity index (χ2n) is 8.31. The number of halogens is 1. The number of piperidine rings is 1. The number of pyridine rings is 1. The SMILES string of the molecule is CC(=O)NCCc1ccccc1-c1ccc([C@H]2CNCC[C@@H]2c2cccnc2N)c(Cl)c1. The number of benzene rings is 2. The van der Waals surface area contributed by atoms with Crippen molar-refractivity contribution in [1.29, 1.82) is 0 Å². The van der Waals surface area contributed by atoms with E-state index < -0.39 is 0 Å². The Balaban J connectivity index is 1.63. The first-order chi connectivity index (χ1) is 15.5. The number of hydrogen-bond acceptors (Lipinski definition) is 4. The predicted octanol–water partition coefficient (Wildman–Crippen LogP) is 4.52. The summed E-state index contributed by atoms with van der Waals surface area (Å²) in [6, 6.07) is 18.7.